The Balaban J connectivity index is 1.74. The Morgan fingerprint density at radius 1 is 1.07 bits per heavy atom. The fourth-order valence-corrected chi connectivity index (χ4v) is 3.30. The van der Waals surface area contributed by atoms with Crippen LogP contribution in [-0.2, 0) is 0 Å². The fourth-order valence-electron chi connectivity index (χ4n) is 3.30. The molecule has 1 heterocycles. The third-order valence-electron chi connectivity index (χ3n) is 4.86. The minimum atomic E-state index is 0.187. The van der Waals surface area contributed by atoms with Gasteiger partial charge in [0.2, 0.25) is 0 Å². The minimum absolute atomic E-state index is 0.187. The molecule has 0 aliphatic heterocycles. The molecular weight excluding hydrogens is 378 g/mol. The molecule has 0 saturated heterocycles. The molecule has 156 valence electrons. The van der Waals surface area contributed by atoms with Crippen molar-refractivity contribution in [3.8, 4) is 28.8 Å². The van der Waals surface area contributed by atoms with Gasteiger partial charge in [-0.15, -0.1) is 0 Å². The number of phenols is 1. The van der Waals surface area contributed by atoms with Crippen LogP contribution >= 0.6 is 0 Å². The summed E-state index contributed by atoms with van der Waals surface area (Å²) >= 11 is 0. The second-order valence-electron chi connectivity index (χ2n) is 6.85. The number of benzene rings is 2. The zero-order chi connectivity index (χ0) is 21.5. The first-order chi connectivity index (χ1) is 14.5. The Morgan fingerprint density at radius 3 is 2.57 bits per heavy atom. The van der Waals surface area contributed by atoms with Crippen LogP contribution in [0.5, 0.6) is 17.5 Å². The molecule has 0 fully saturated rings. The summed E-state index contributed by atoms with van der Waals surface area (Å²) < 4.78 is 10.6. The fraction of sp³-hybridized carbons (Fsp3) is 0.250. The van der Waals surface area contributed by atoms with Crippen molar-refractivity contribution in [3.63, 3.8) is 0 Å². The molecule has 2 N–H and O–H groups in total. The minimum Gasteiger partial charge on any atom is -0.508 e. The largest absolute Gasteiger partial charge is 0.508 e. The summed E-state index contributed by atoms with van der Waals surface area (Å²) in [5.41, 5.74) is 5.11. The van der Waals surface area contributed by atoms with Gasteiger partial charge >= 0.3 is 6.01 Å². The summed E-state index contributed by atoms with van der Waals surface area (Å²) in [6.07, 6.45) is 2.96. The van der Waals surface area contributed by atoms with Crippen molar-refractivity contribution in [2.24, 2.45) is 0 Å². The number of aromatic nitrogens is 2. The Bertz CT molecular complexity index is 1050. The first-order valence-electron chi connectivity index (χ1n) is 9.80. The molecule has 0 radical (unpaired) electrons. The predicted octanol–water partition coefficient (Wildman–Crippen LogP) is 5.08. The van der Waals surface area contributed by atoms with E-state index in [1.165, 1.54) is 23.8 Å². The zero-order valence-electron chi connectivity index (χ0n) is 17.8. The quantitative estimate of drug-likeness (QED) is 0.544. The van der Waals surface area contributed by atoms with Gasteiger partial charge in [-0.05, 0) is 61.2 Å². The van der Waals surface area contributed by atoms with Gasteiger partial charge in [-0.1, -0.05) is 24.3 Å². The maximum atomic E-state index is 9.76. The van der Waals surface area contributed by atoms with Gasteiger partial charge in [0.05, 0.1) is 19.9 Å². The molecule has 2 aromatic carbocycles. The Morgan fingerprint density at radius 2 is 1.90 bits per heavy atom. The van der Waals surface area contributed by atoms with E-state index in [1.54, 1.807) is 25.3 Å². The summed E-state index contributed by atoms with van der Waals surface area (Å²) in [7, 11) is 3.21. The Labute approximate surface area is 177 Å². The SMILES string of the molecule is C/C=C(/CCNc1cc(-c2cccc(O)c2)nc(OC)n1)c1ccc(OC)cc1C. The average Bonchev–Trinajstić information content (AvgIpc) is 2.76. The molecular formula is C24H27N3O3. The highest BCUT2D eigenvalue weighted by molar-refractivity contribution is 5.69. The van der Waals surface area contributed by atoms with Crippen molar-refractivity contribution < 1.29 is 14.6 Å². The van der Waals surface area contributed by atoms with Gasteiger partial charge in [0, 0.05) is 18.2 Å². The number of phenolic OH excluding ortho intramolecular Hbond substituents is 1. The number of rotatable bonds is 8. The van der Waals surface area contributed by atoms with Crippen molar-refractivity contribution in [1.29, 1.82) is 0 Å². The van der Waals surface area contributed by atoms with E-state index in [-0.39, 0.29) is 11.8 Å². The first-order valence-corrected chi connectivity index (χ1v) is 9.80. The number of hydrogen-bond donors (Lipinski definition) is 2. The van der Waals surface area contributed by atoms with Crippen LogP contribution in [0.25, 0.3) is 16.8 Å². The Hall–Kier alpha value is -3.54. The molecule has 6 nitrogen and oxygen atoms in total. The van der Waals surface area contributed by atoms with E-state index < -0.39 is 0 Å². The van der Waals surface area contributed by atoms with Crippen LogP contribution in [0, 0.1) is 6.92 Å². The number of methoxy groups -OCH3 is 2. The smallest absolute Gasteiger partial charge is 0.318 e. The van der Waals surface area contributed by atoms with Gasteiger partial charge in [-0.2, -0.15) is 9.97 Å². The molecule has 0 bridgehead atoms. The highest BCUT2D eigenvalue weighted by atomic mass is 16.5. The number of anilines is 1. The number of hydrogen-bond acceptors (Lipinski definition) is 6. The maximum Gasteiger partial charge on any atom is 0.318 e. The van der Waals surface area contributed by atoms with Crippen LogP contribution in [0.1, 0.15) is 24.5 Å². The highest BCUT2D eigenvalue weighted by Gasteiger charge is 2.09. The zero-order valence-corrected chi connectivity index (χ0v) is 17.8. The van der Waals surface area contributed by atoms with Crippen molar-refractivity contribution in [2.45, 2.75) is 20.3 Å². The van der Waals surface area contributed by atoms with Crippen molar-refractivity contribution in [2.75, 3.05) is 26.1 Å². The van der Waals surface area contributed by atoms with Crippen molar-refractivity contribution >= 4 is 11.4 Å². The van der Waals surface area contributed by atoms with Gasteiger partial charge in [0.1, 0.15) is 17.3 Å². The summed E-state index contributed by atoms with van der Waals surface area (Å²) in [6.45, 7) is 4.84. The number of aromatic hydroxyl groups is 1. The molecule has 6 heteroatoms. The number of ether oxygens (including phenoxy) is 2. The van der Waals surface area contributed by atoms with E-state index in [9.17, 15) is 5.11 Å². The lowest BCUT2D eigenvalue weighted by atomic mass is 9.97. The lowest BCUT2D eigenvalue weighted by molar-refractivity contribution is 0.381. The van der Waals surface area contributed by atoms with E-state index in [4.69, 9.17) is 9.47 Å². The van der Waals surface area contributed by atoms with Crippen LogP contribution in [-0.4, -0.2) is 35.8 Å². The van der Waals surface area contributed by atoms with Gasteiger partial charge in [-0.25, -0.2) is 0 Å². The molecule has 3 aromatic rings. The first kappa shape index (κ1) is 21.2. The van der Waals surface area contributed by atoms with Crippen molar-refractivity contribution in [3.05, 3.63) is 65.7 Å². The number of allylic oxidation sites excluding steroid dienone is 1. The van der Waals surface area contributed by atoms with E-state index in [0.29, 0.717) is 18.1 Å². The molecule has 3 rings (SSSR count). The molecule has 0 saturated carbocycles. The van der Waals surface area contributed by atoms with Gasteiger partial charge < -0.3 is 19.9 Å². The van der Waals surface area contributed by atoms with Gasteiger partial charge in [0.25, 0.3) is 0 Å². The number of aryl methyl sites for hydroxylation is 1. The average molecular weight is 405 g/mol. The van der Waals surface area contributed by atoms with Crippen molar-refractivity contribution in [1.82, 2.24) is 9.97 Å². The molecule has 0 unspecified atom stereocenters. The third-order valence-corrected chi connectivity index (χ3v) is 4.86. The molecule has 0 atom stereocenters. The van der Waals surface area contributed by atoms with Gasteiger partial charge in [0.15, 0.2) is 0 Å². The van der Waals surface area contributed by atoms with Crippen LogP contribution in [0.15, 0.2) is 54.6 Å². The van der Waals surface area contributed by atoms with E-state index in [0.717, 1.165) is 17.7 Å². The summed E-state index contributed by atoms with van der Waals surface area (Å²) in [4.78, 5) is 8.78. The maximum absolute atomic E-state index is 9.76. The number of nitrogens with zero attached hydrogens (tertiary/aromatic N) is 2. The van der Waals surface area contributed by atoms with E-state index in [2.05, 4.69) is 34.4 Å². The standard InChI is InChI=1S/C24H27N3O3/c1-5-17(21-10-9-20(29-3)13-16(21)2)11-12-25-23-15-22(26-24(27-23)30-4)18-7-6-8-19(28)14-18/h5-10,13-15,28H,11-12H2,1-4H3,(H,25,26,27)/b17-5-. The summed E-state index contributed by atoms with van der Waals surface area (Å²) in [5, 5.41) is 13.1. The lowest BCUT2D eigenvalue weighted by Crippen LogP contribution is -2.07. The molecule has 1 aromatic heterocycles. The monoisotopic (exact) mass is 405 g/mol. The third kappa shape index (κ3) is 5.08. The molecule has 30 heavy (non-hydrogen) atoms. The van der Waals surface area contributed by atoms with Gasteiger partial charge in [-0.3, -0.25) is 0 Å². The second-order valence-corrected chi connectivity index (χ2v) is 6.85. The molecule has 0 amide bonds. The summed E-state index contributed by atoms with van der Waals surface area (Å²) in [5.74, 6) is 1.71. The van der Waals surface area contributed by atoms with Crippen LogP contribution in [0.4, 0.5) is 5.82 Å². The normalized spacial score (nSPS) is 11.3. The highest BCUT2D eigenvalue weighted by Crippen LogP contribution is 2.27. The van der Waals surface area contributed by atoms with Crippen LogP contribution < -0.4 is 14.8 Å². The summed E-state index contributed by atoms with van der Waals surface area (Å²) in [6, 6.07) is 15.2. The second kappa shape index (κ2) is 9.78. The Kier molecular flexibility index (Phi) is 6.91. The van der Waals surface area contributed by atoms with E-state index in [1.807, 2.05) is 31.2 Å². The van der Waals surface area contributed by atoms with Crippen LogP contribution in [0.2, 0.25) is 0 Å². The predicted molar refractivity (Wildman–Crippen MR) is 120 cm³/mol. The molecule has 0 spiro atoms. The molecule has 0 aliphatic carbocycles. The lowest BCUT2D eigenvalue weighted by Gasteiger charge is -2.14. The topological polar surface area (TPSA) is 76.5 Å². The number of nitrogens with one attached hydrogen (secondary N) is 1. The van der Waals surface area contributed by atoms with Crippen LogP contribution in [0.3, 0.4) is 0 Å². The molecule has 0 aliphatic rings. The van der Waals surface area contributed by atoms with E-state index >= 15 is 0 Å².